The Morgan fingerprint density at radius 2 is 1.72 bits per heavy atom. The molecule has 0 unspecified atom stereocenters. The normalized spacial score (nSPS) is 10.4. The van der Waals surface area contributed by atoms with Gasteiger partial charge < -0.3 is 10.6 Å². The topological polar surface area (TPSA) is 69.8 Å². The molecule has 1 rings (SSSR count). The fourth-order valence-corrected chi connectivity index (χ4v) is 2.67. The van der Waals surface area contributed by atoms with Crippen molar-refractivity contribution in [2.75, 3.05) is 26.2 Å². The number of hydrogen-bond donors (Lipinski definition) is 2. The Balaban J connectivity index is 2.37. The third-order valence-electron chi connectivity index (χ3n) is 3.91. The van der Waals surface area contributed by atoms with Crippen molar-refractivity contribution < 1.29 is 10.0 Å². The Morgan fingerprint density at radius 1 is 1.08 bits per heavy atom. The molecule has 0 saturated heterocycles. The quantitative estimate of drug-likeness (QED) is 0.388. The molecule has 0 spiro atoms. The van der Waals surface area contributed by atoms with E-state index in [4.69, 9.17) is 10.9 Å². The van der Waals surface area contributed by atoms with E-state index in [9.17, 15) is 4.79 Å². The van der Waals surface area contributed by atoms with Crippen LogP contribution in [-0.2, 0) is 6.42 Å². The number of hydrogen-bond acceptors (Lipinski definition) is 3. The van der Waals surface area contributed by atoms with Crippen molar-refractivity contribution in [3.63, 3.8) is 0 Å². The Labute approximate surface area is 151 Å². The largest absolute Gasteiger partial charge is 0.350 e. The number of amides is 2. The molecule has 1 aromatic rings. The minimum absolute atomic E-state index is 0.117. The Bertz CT molecular complexity index is 555. The number of aryl methyl sites for hydroxylation is 1. The number of urea groups is 1. The van der Waals surface area contributed by atoms with E-state index in [-0.39, 0.29) is 6.54 Å². The second-order valence-electron chi connectivity index (χ2n) is 6.16. The summed E-state index contributed by atoms with van der Waals surface area (Å²) in [5.41, 5.74) is 7.19. The van der Waals surface area contributed by atoms with E-state index in [2.05, 4.69) is 42.7 Å². The lowest BCUT2D eigenvalue weighted by Gasteiger charge is -2.20. The number of primary amides is 1. The highest BCUT2D eigenvalue weighted by molar-refractivity contribution is 5.70. The molecule has 25 heavy (non-hydrogen) atoms. The summed E-state index contributed by atoms with van der Waals surface area (Å²) in [5, 5.41) is 9.61. The van der Waals surface area contributed by atoms with Crippen LogP contribution in [0.4, 0.5) is 4.79 Å². The van der Waals surface area contributed by atoms with E-state index in [1.807, 2.05) is 12.1 Å². The standard InChI is InChI=1S/C20H31N3O2/c1-3-14-22(15-4-2)16-7-9-19-12-10-18(11-13-19)8-5-6-17-23(25)20(21)24/h10-13,25H,3-4,6-7,9,14-17H2,1-2H3,(H2,21,24). The first-order valence-electron chi connectivity index (χ1n) is 9.12. The fourth-order valence-electron chi connectivity index (χ4n) is 2.67. The van der Waals surface area contributed by atoms with Crippen LogP contribution in [0.5, 0.6) is 0 Å². The second kappa shape index (κ2) is 12.3. The van der Waals surface area contributed by atoms with E-state index in [1.165, 1.54) is 37.9 Å². The van der Waals surface area contributed by atoms with Crippen LogP contribution in [0.1, 0.15) is 50.7 Å². The monoisotopic (exact) mass is 345 g/mol. The van der Waals surface area contributed by atoms with Crippen molar-refractivity contribution in [2.45, 2.75) is 46.0 Å². The zero-order chi connectivity index (χ0) is 18.5. The summed E-state index contributed by atoms with van der Waals surface area (Å²) in [4.78, 5) is 13.2. The number of nitrogens with two attached hydrogens (primary N) is 1. The van der Waals surface area contributed by atoms with Gasteiger partial charge in [-0.3, -0.25) is 5.21 Å². The summed E-state index contributed by atoms with van der Waals surface area (Å²) >= 11 is 0. The van der Waals surface area contributed by atoms with E-state index in [0.29, 0.717) is 11.5 Å². The molecule has 5 heteroatoms. The van der Waals surface area contributed by atoms with Gasteiger partial charge in [0.05, 0.1) is 6.54 Å². The maximum atomic E-state index is 10.6. The third kappa shape index (κ3) is 9.13. The molecule has 0 fully saturated rings. The van der Waals surface area contributed by atoms with Crippen molar-refractivity contribution >= 4 is 6.03 Å². The highest BCUT2D eigenvalue weighted by Gasteiger charge is 2.03. The van der Waals surface area contributed by atoms with Crippen molar-refractivity contribution in [1.29, 1.82) is 0 Å². The van der Waals surface area contributed by atoms with Gasteiger partial charge in [0.2, 0.25) is 0 Å². The molecule has 2 amide bonds. The number of hydroxylamine groups is 2. The highest BCUT2D eigenvalue weighted by Crippen LogP contribution is 2.07. The lowest BCUT2D eigenvalue weighted by molar-refractivity contribution is -0.0372. The van der Waals surface area contributed by atoms with Gasteiger partial charge in [0.1, 0.15) is 0 Å². The molecule has 5 nitrogen and oxygen atoms in total. The zero-order valence-corrected chi connectivity index (χ0v) is 15.5. The number of nitrogens with zero attached hydrogens (tertiary/aromatic N) is 2. The summed E-state index contributed by atoms with van der Waals surface area (Å²) in [6.45, 7) is 8.10. The van der Waals surface area contributed by atoms with Gasteiger partial charge in [-0.25, -0.2) is 9.86 Å². The molecule has 0 aliphatic rings. The van der Waals surface area contributed by atoms with E-state index in [0.717, 1.165) is 18.5 Å². The van der Waals surface area contributed by atoms with Crippen LogP contribution in [0.25, 0.3) is 0 Å². The summed E-state index contributed by atoms with van der Waals surface area (Å²) in [7, 11) is 0. The second-order valence-corrected chi connectivity index (χ2v) is 6.16. The molecular formula is C20H31N3O2. The minimum atomic E-state index is -0.859. The van der Waals surface area contributed by atoms with Crippen LogP contribution in [0.2, 0.25) is 0 Å². The van der Waals surface area contributed by atoms with Gasteiger partial charge in [0.15, 0.2) is 0 Å². The maximum Gasteiger partial charge on any atom is 0.338 e. The van der Waals surface area contributed by atoms with Crippen LogP contribution in [0.15, 0.2) is 24.3 Å². The molecule has 0 bridgehead atoms. The average Bonchev–Trinajstić information content (AvgIpc) is 2.60. The van der Waals surface area contributed by atoms with E-state index < -0.39 is 6.03 Å². The summed E-state index contributed by atoms with van der Waals surface area (Å²) in [5.74, 6) is 5.95. The van der Waals surface area contributed by atoms with Crippen LogP contribution in [-0.4, -0.2) is 47.4 Å². The lowest BCUT2D eigenvalue weighted by atomic mass is 10.1. The van der Waals surface area contributed by atoms with Gasteiger partial charge in [0.25, 0.3) is 0 Å². The smallest absolute Gasteiger partial charge is 0.338 e. The molecule has 3 N–H and O–H groups in total. The van der Waals surface area contributed by atoms with Crippen LogP contribution in [0, 0.1) is 11.8 Å². The summed E-state index contributed by atoms with van der Waals surface area (Å²) in [6, 6.07) is 7.42. The van der Waals surface area contributed by atoms with Gasteiger partial charge in [-0.05, 0) is 63.0 Å². The molecule has 0 atom stereocenters. The predicted octanol–water partition coefficient (Wildman–Crippen LogP) is 3.25. The Morgan fingerprint density at radius 3 is 2.28 bits per heavy atom. The molecule has 0 aliphatic carbocycles. The summed E-state index contributed by atoms with van der Waals surface area (Å²) in [6.07, 6.45) is 5.05. The van der Waals surface area contributed by atoms with Gasteiger partial charge in [0, 0.05) is 12.0 Å². The molecule has 1 aromatic carbocycles. The molecular weight excluding hydrogens is 314 g/mol. The number of benzene rings is 1. The molecule has 0 saturated carbocycles. The highest BCUT2D eigenvalue weighted by atomic mass is 16.5. The van der Waals surface area contributed by atoms with Gasteiger partial charge in [-0.2, -0.15) is 0 Å². The molecule has 0 aliphatic heterocycles. The summed E-state index contributed by atoms with van der Waals surface area (Å²) < 4.78 is 0. The van der Waals surface area contributed by atoms with Crippen LogP contribution in [0.3, 0.4) is 0 Å². The molecule has 138 valence electrons. The zero-order valence-electron chi connectivity index (χ0n) is 15.5. The number of carbonyl (C=O) groups is 1. The third-order valence-corrected chi connectivity index (χ3v) is 3.91. The first kappa shape index (κ1) is 21.0. The molecule has 0 radical (unpaired) electrons. The SMILES string of the molecule is CCCN(CCC)CCCc1ccc(C#CCCN(O)C(N)=O)cc1. The average molecular weight is 345 g/mol. The minimum Gasteiger partial charge on any atom is -0.350 e. The van der Waals surface area contributed by atoms with Crippen molar-refractivity contribution in [1.82, 2.24) is 9.96 Å². The van der Waals surface area contributed by atoms with Gasteiger partial charge in [-0.1, -0.05) is 37.8 Å². The van der Waals surface area contributed by atoms with Crippen molar-refractivity contribution in [3.05, 3.63) is 35.4 Å². The molecule has 0 aromatic heterocycles. The Kier molecular flexibility index (Phi) is 10.4. The van der Waals surface area contributed by atoms with E-state index >= 15 is 0 Å². The lowest BCUT2D eigenvalue weighted by Crippen LogP contribution is -2.33. The predicted molar refractivity (Wildman–Crippen MR) is 101 cm³/mol. The fraction of sp³-hybridized carbons (Fsp3) is 0.550. The van der Waals surface area contributed by atoms with Gasteiger partial charge in [-0.15, -0.1) is 0 Å². The van der Waals surface area contributed by atoms with E-state index in [1.54, 1.807) is 0 Å². The first-order chi connectivity index (χ1) is 12.1. The van der Waals surface area contributed by atoms with Crippen molar-refractivity contribution in [2.24, 2.45) is 5.73 Å². The van der Waals surface area contributed by atoms with Crippen LogP contribution >= 0.6 is 0 Å². The Hall–Kier alpha value is -2.03. The van der Waals surface area contributed by atoms with Crippen molar-refractivity contribution in [3.8, 4) is 11.8 Å². The first-order valence-corrected chi connectivity index (χ1v) is 9.12. The van der Waals surface area contributed by atoms with Gasteiger partial charge >= 0.3 is 6.03 Å². The molecule has 0 heterocycles. The maximum absolute atomic E-state index is 10.6. The van der Waals surface area contributed by atoms with Crippen LogP contribution < -0.4 is 5.73 Å². The number of carbonyl (C=O) groups excluding carboxylic acids is 1. The number of rotatable bonds is 10.